The summed E-state index contributed by atoms with van der Waals surface area (Å²) in [7, 11) is 0. The van der Waals surface area contributed by atoms with Crippen molar-refractivity contribution in [3.63, 3.8) is 0 Å². The number of hydrogen-bond acceptors (Lipinski definition) is 7. The van der Waals surface area contributed by atoms with Crippen LogP contribution in [0.25, 0.3) is 0 Å². The molecule has 2 aromatic rings. The van der Waals surface area contributed by atoms with Gasteiger partial charge in [-0.25, -0.2) is 0 Å². The zero-order valence-corrected chi connectivity index (χ0v) is 25.4. The van der Waals surface area contributed by atoms with Gasteiger partial charge in [0.05, 0.1) is 12.0 Å². The average Bonchev–Trinajstić information content (AvgIpc) is 3.84. The van der Waals surface area contributed by atoms with Crippen molar-refractivity contribution in [2.45, 2.75) is 59.5 Å². The Kier molecular flexibility index (Phi) is 11.6. The van der Waals surface area contributed by atoms with Crippen molar-refractivity contribution in [2.75, 3.05) is 26.3 Å². The molecule has 10 heteroatoms. The van der Waals surface area contributed by atoms with E-state index in [1.165, 1.54) is 0 Å². The van der Waals surface area contributed by atoms with Crippen molar-refractivity contribution < 1.29 is 33.4 Å². The fourth-order valence-corrected chi connectivity index (χ4v) is 5.08. The third-order valence-corrected chi connectivity index (χ3v) is 8.02. The van der Waals surface area contributed by atoms with Crippen molar-refractivity contribution in [3.05, 3.63) is 71.3 Å². The number of primary amides is 1. The number of nitrogens with two attached hydrogens (primary N) is 1. The number of carbonyl (C=O) groups is 5. The minimum atomic E-state index is -1.11. The van der Waals surface area contributed by atoms with Gasteiger partial charge in [0.2, 0.25) is 11.8 Å². The first kappa shape index (κ1) is 33.5. The molecular formula is C33H43N3O7. The van der Waals surface area contributed by atoms with Crippen LogP contribution in [-0.4, -0.2) is 61.9 Å². The summed E-state index contributed by atoms with van der Waals surface area (Å²) in [6, 6.07) is 15.4. The molecule has 1 aliphatic rings. The fourth-order valence-electron chi connectivity index (χ4n) is 5.08. The second-order valence-electron chi connectivity index (χ2n) is 11.9. The number of ether oxygens (including phenoxy) is 2. The molecule has 0 spiro atoms. The highest BCUT2D eigenvalue weighted by Gasteiger charge is 2.46. The van der Waals surface area contributed by atoms with E-state index in [1.807, 2.05) is 13.0 Å². The Labute approximate surface area is 253 Å². The molecule has 4 N–H and O–H groups in total. The molecule has 0 aliphatic carbocycles. The summed E-state index contributed by atoms with van der Waals surface area (Å²) in [5.41, 5.74) is 4.97. The van der Waals surface area contributed by atoms with E-state index in [4.69, 9.17) is 15.2 Å². The molecule has 1 aliphatic heterocycles. The summed E-state index contributed by atoms with van der Waals surface area (Å²) in [5.74, 6) is -2.21. The second kappa shape index (κ2) is 14.9. The van der Waals surface area contributed by atoms with E-state index in [2.05, 4.69) is 10.6 Å². The van der Waals surface area contributed by atoms with Gasteiger partial charge in [0, 0.05) is 41.1 Å². The van der Waals surface area contributed by atoms with Gasteiger partial charge < -0.3 is 25.8 Å². The molecule has 0 radical (unpaired) electrons. The Morgan fingerprint density at radius 3 is 2.09 bits per heavy atom. The third-order valence-electron chi connectivity index (χ3n) is 8.02. The average molecular weight is 594 g/mol. The molecule has 0 saturated carbocycles. The maximum atomic E-state index is 13.3. The third kappa shape index (κ3) is 9.47. The van der Waals surface area contributed by atoms with Gasteiger partial charge in [0.15, 0.2) is 5.78 Å². The normalized spacial score (nSPS) is 17.4. The Morgan fingerprint density at radius 1 is 0.930 bits per heavy atom. The van der Waals surface area contributed by atoms with E-state index >= 15 is 0 Å². The lowest BCUT2D eigenvalue weighted by Crippen LogP contribution is -2.46. The minimum absolute atomic E-state index is 0.105. The largest absolute Gasteiger partial charge is 0.462 e. The molecule has 4 atom stereocenters. The number of nitrogens with one attached hydrogen (secondary N) is 2. The minimum Gasteiger partial charge on any atom is -0.462 e. The maximum Gasteiger partial charge on any atom is 0.311 e. The maximum absolute atomic E-state index is 13.3. The van der Waals surface area contributed by atoms with Gasteiger partial charge in [-0.2, -0.15) is 0 Å². The quantitative estimate of drug-likeness (QED) is 0.110. The van der Waals surface area contributed by atoms with Crippen LogP contribution in [0.1, 0.15) is 79.7 Å². The van der Waals surface area contributed by atoms with Gasteiger partial charge >= 0.3 is 5.97 Å². The van der Waals surface area contributed by atoms with Gasteiger partial charge in [-0.15, -0.1) is 0 Å². The first-order valence-corrected chi connectivity index (χ1v) is 14.7. The van der Waals surface area contributed by atoms with Crippen molar-refractivity contribution in [2.24, 2.45) is 22.5 Å². The van der Waals surface area contributed by atoms with Crippen LogP contribution in [0.4, 0.5) is 0 Å². The smallest absolute Gasteiger partial charge is 0.311 e. The highest BCUT2D eigenvalue weighted by molar-refractivity contribution is 6.09. The number of carbonyl (C=O) groups excluding carboxylic acids is 5. The monoisotopic (exact) mass is 593 g/mol. The standard InChI is InChI=1S/C33H43N3O7/c1-5-32(3,21-33(4,18-22(2)28(34)38)31(41)43-20-26-19-42-26)30(40)36-17-9-16-35-29(39)25-14-12-24(13-15-25)27(37)23-10-7-6-8-11-23/h6-8,10-15,22,26H,5,9,16-21H2,1-4H3,(H2,34,38)(H,35,39)(H,36,40). The zero-order chi connectivity index (χ0) is 31.6. The molecule has 1 fully saturated rings. The first-order chi connectivity index (χ1) is 20.4. The summed E-state index contributed by atoms with van der Waals surface area (Å²) in [6.07, 6.45) is 1.16. The molecule has 0 aromatic heterocycles. The van der Waals surface area contributed by atoms with Gasteiger partial charge in [0.1, 0.15) is 12.7 Å². The molecule has 1 saturated heterocycles. The van der Waals surface area contributed by atoms with Crippen molar-refractivity contribution >= 4 is 29.5 Å². The Morgan fingerprint density at radius 2 is 1.51 bits per heavy atom. The lowest BCUT2D eigenvalue weighted by atomic mass is 9.67. The van der Waals surface area contributed by atoms with Crippen molar-refractivity contribution in [3.8, 4) is 0 Å². The SMILES string of the molecule is CCC(C)(CC(C)(CC(C)C(N)=O)C(=O)OCC1CO1)C(=O)NCCCNC(=O)c1ccc(C(=O)c2ccccc2)cc1. The summed E-state index contributed by atoms with van der Waals surface area (Å²) < 4.78 is 10.6. The van der Waals surface area contributed by atoms with Crippen LogP contribution in [-0.2, 0) is 23.9 Å². The molecule has 3 amide bonds. The van der Waals surface area contributed by atoms with E-state index in [-0.39, 0.29) is 43.2 Å². The summed E-state index contributed by atoms with van der Waals surface area (Å²) >= 11 is 0. The molecular weight excluding hydrogens is 550 g/mol. The van der Waals surface area contributed by atoms with Crippen LogP contribution in [0.2, 0.25) is 0 Å². The van der Waals surface area contributed by atoms with E-state index in [1.54, 1.807) is 69.3 Å². The molecule has 10 nitrogen and oxygen atoms in total. The lowest BCUT2D eigenvalue weighted by Gasteiger charge is -2.37. The van der Waals surface area contributed by atoms with Crippen LogP contribution >= 0.6 is 0 Å². The number of esters is 1. The van der Waals surface area contributed by atoms with E-state index < -0.39 is 28.6 Å². The number of benzene rings is 2. The summed E-state index contributed by atoms with van der Waals surface area (Å²) in [5, 5.41) is 5.76. The molecule has 2 aromatic carbocycles. The highest BCUT2D eigenvalue weighted by atomic mass is 16.6. The van der Waals surface area contributed by atoms with Crippen LogP contribution in [0.15, 0.2) is 54.6 Å². The molecule has 1 heterocycles. The zero-order valence-electron chi connectivity index (χ0n) is 25.4. The van der Waals surface area contributed by atoms with E-state index in [0.29, 0.717) is 49.2 Å². The molecule has 232 valence electrons. The number of ketones is 1. The molecule has 4 unspecified atom stereocenters. The van der Waals surface area contributed by atoms with E-state index in [9.17, 15) is 24.0 Å². The van der Waals surface area contributed by atoms with E-state index in [0.717, 1.165) is 0 Å². The number of rotatable bonds is 17. The molecule has 0 bridgehead atoms. The van der Waals surface area contributed by atoms with Crippen LogP contribution < -0.4 is 16.4 Å². The van der Waals surface area contributed by atoms with Gasteiger partial charge in [-0.05, 0) is 44.7 Å². The molecule has 3 rings (SSSR count). The Balaban J connectivity index is 1.50. The van der Waals surface area contributed by atoms with Crippen LogP contribution in [0.3, 0.4) is 0 Å². The number of hydrogen-bond donors (Lipinski definition) is 3. The summed E-state index contributed by atoms with van der Waals surface area (Å²) in [6.45, 7) is 8.36. The Bertz CT molecular complexity index is 1290. The van der Waals surface area contributed by atoms with Gasteiger partial charge in [-0.1, -0.05) is 63.2 Å². The predicted octanol–water partition coefficient (Wildman–Crippen LogP) is 3.42. The fraction of sp³-hybridized carbons (Fsp3) is 0.485. The lowest BCUT2D eigenvalue weighted by molar-refractivity contribution is -0.160. The van der Waals surface area contributed by atoms with Crippen LogP contribution in [0, 0.1) is 16.7 Å². The highest BCUT2D eigenvalue weighted by Crippen LogP contribution is 2.42. The second-order valence-corrected chi connectivity index (χ2v) is 11.9. The van der Waals surface area contributed by atoms with Crippen LogP contribution in [0.5, 0.6) is 0 Å². The van der Waals surface area contributed by atoms with Gasteiger partial charge in [-0.3, -0.25) is 24.0 Å². The van der Waals surface area contributed by atoms with Gasteiger partial charge in [0.25, 0.3) is 5.91 Å². The van der Waals surface area contributed by atoms with Crippen molar-refractivity contribution in [1.82, 2.24) is 10.6 Å². The molecule has 43 heavy (non-hydrogen) atoms. The number of amides is 3. The van der Waals surface area contributed by atoms with Crippen molar-refractivity contribution in [1.29, 1.82) is 0 Å². The Hall–Kier alpha value is -4.05. The topological polar surface area (TPSA) is 157 Å². The summed E-state index contributed by atoms with van der Waals surface area (Å²) in [4.78, 5) is 63.4. The predicted molar refractivity (Wildman–Crippen MR) is 161 cm³/mol. The number of epoxide rings is 1. The first-order valence-electron chi connectivity index (χ1n) is 14.7.